The molecule has 1 N–H and O–H groups in total. The first-order valence-corrected chi connectivity index (χ1v) is 15.3. The number of ketones is 1. The molecule has 2 saturated carbocycles. The zero-order chi connectivity index (χ0) is 34.9. The third kappa shape index (κ3) is 5.16. The van der Waals surface area contributed by atoms with Crippen LogP contribution in [0.25, 0.3) is 0 Å². The molecular formula is C33H40O14. The van der Waals surface area contributed by atoms with Crippen molar-refractivity contribution < 1.29 is 66.7 Å². The molecule has 9 atom stereocenters. The predicted molar refractivity (Wildman–Crippen MR) is 156 cm³/mol. The number of rotatable bonds is 6. The highest BCUT2D eigenvalue weighted by Gasteiger charge is 2.79. The van der Waals surface area contributed by atoms with Gasteiger partial charge in [-0.2, -0.15) is 0 Å². The Balaban J connectivity index is 1.90. The van der Waals surface area contributed by atoms with Gasteiger partial charge in [-0.15, -0.1) is 0 Å². The summed E-state index contributed by atoms with van der Waals surface area (Å²) < 4.78 is 40.4. The van der Waals surface area contributed by atoms with Crippen molar-refractivity contribution in [2.24, 2.45) is 16.7 Å². The molecule has 2 bridgehead atoms. The molecular weight excluding hydrogens is 620 g/mol. The zero-order valence-electron chi connectivity index (χ0n) is 27.6. The maximum absolute atomic E-state index is 15.3. The molecule has 14 nitrogen and oxygen atoms in total. The van der Waals surface area contributed by atoms with Crippen molar-refractivity contribution in [1.29, 1.82) is 0 Å². The summed E-state index contributed by atoms with van der Waals surface area (Å²) in [6.07, 6.45) is -4.86. The minimum absolute atomic E-state index is 0.0196. The van der Waals surface area contributed by atoms with E-state index in [-0.39, 0.29) is 30.6 Å². The maximum atomic E-state index is 15.3. The second-order valence-corrected chi connectivity index (χ2v) is 13.6. The van der Waals surface area contributed by atoms with Crippen LogP contribution in [0.2, 0.25) is 0 Å². The van der Waals surface area contributed by atoms with Gasteiger partial charge in [0.05, 0.1) is 29.8 Å². The number of hydrogen-bond donors (Lipinski definition) is 1. The Hall–Kier alpha value is -4.04. The molecule has 0 amide bonds. The van der Waals surface area contributed by atoms with Gasteiger partial charge in [0.25, 0.3) is 0 Å². The molecule has 0 aromatic carbocycles. The van der Waals surface area contributed by atoms with Crippen molar-refractivity contribution in [2.75, 3.05) is 6.61 Å². The summed E-state index contributed by atoms with van der Waals surface area (Å²) in [4.78, 5) is 79.4. The van der Waals surface area contributed by atoms with Crippen LogP contribution in [-0.4, -0.2) is 89.1 Å². The topological polar surface area (TPSA) is 191 Å². The molecule has 47 heavy (non-hydrogen) atoms. The number of esters is 5. The van der Waals surface area contributed by atoms with Crippen molar-refractivity contribution >= 4 is 35.6 Å². The summed E-state index contributed by atoms with van der Waals surface area (Å²) in [6, 6.07) is 1.35. The van der Waals surface area contributed by atoms with Gasteiger partial charge in [0, 0.05) is 46.0 Å². The molecule has 256 valence electrons. The Kier molecular flexibility index (Phi) is 8.45. The van der Waals surface area contributed by atoms with E-state index >= 15 is 4.79 Å². The molecule has 1 aliphatic heterocycles. The van der Waals surface area contributed by atoms with E-state index in [1.807, 2.05) is 0 Å². The van der Waals surface area contributed by atoms with Gasteiger partial charge in [0.2, 0.25) is 0 Å². The highest BCUT2D eigenvalue weighted by Crippen LogP contribution is 2.65. The van der Waals surface area contributed by atoms with E-state index in [4.69, 9.17) is 32.8 Å². The van der Waals surface area contributed by atoms with Crippen molar-refractivity contribution in [2.45, 2.75) is 110 Å². The Bertz CT molecular complexity index is 1540. The van der Waals surface area contributed by atoms with Crippen molar-refractivity contribution in [3.05, 3.63) is 35.3 Å². The highest BCUT2D eigenvalue weighted by atomic mass is 16.6. The van der Waals surface area contributed by atoms with Crippen molar-refractivity contribution in [1.82, 2.24) is 0 Å². The standard InChI is InChI=1S/C33H40O14/c1-15-21(43-16(2)34)12-33(40)28(46-29(39)20-9-10-41-13-20)26-31(8,27(38)25(45-18(4)36)24(15)30(33,6)7)22(44-17(3)35)11-23-32(26,14-42-23)47-19(5)37/h9-10,13,21-23,25-26,28,40H,11-12,14H2,1-8H3/t21-,22-,23+,25+,26-,28-,31+,32-,33+/m0/s1. The third-order valence-electron chi connectivity index (χ3n) is 10.5. The predicted octanol–water partition coefficient (Wildman–Crippen LogP) is 2.39. The Labute approximate surface area is 271 Å². The first kappa shape index (κ1) is 34.3. The van der Waals surface area contributed by atoms with Crippen LogP contribution in [0.5, 0.6) is 0 Å². The van der Waals surface area contributed by atoms with E-state index in [0.29, 0.717) is 5.57 Å². The van der Waals surface area contributed by atoms with E-state index in [2.05, 4.69) is 0 Å². The van der Waals surface area contributed by atoms with Gasteiger partial charge in [-0.25, -0.2) is 4.79 Å². The molecule has 0 radical (unpaired) electrons. The first-order chi connectivity index (χ1) is 21.8. The summed E-state index contributed by atoms with van der Waals surface area (Å²) in [7, 11) is 0. The van der Waals surface area contributed by atoms with E-state index in [1.165, 1.54) is 33.1 Å². The van der Waals surface area contributed by atoms with Gasteiger partial charge in [-0.3, -0.25) is 24.0 Å². The number of hydrogen-bond acceptors (Lipinski definition) is 14. The van der Waals surface area contributed by atoms with Crippen LogP contribution in [0.1, 0.15) is 78.6 Å². The van der Waals surface area contributed by atoms with Crippen molar-refractivity contribution in [3.8, 4) is 0 Å². The molecule has 3 fully saturated rings. The fourth-order valence-electron chi connectivity index (χ4n) is 8.37. The molecule has 4 aliphatic rings. The largest absolute Gasteiger partial charge is 0.472 e. The van der Waals surface area contributed by atoms with Crippen LogP contribution >= 0.6 is 0 Å². The molecule has 2 heterocycles. The minimum atomic E-state index is -2.21. The van der Waals surface area contributed by atoms with E-state index in [0.717, 1.165) is 20.1 Å². The number of furan rings is 1. The summed E-state index contributed by atoms with van der Waals surface area (Å²) in [5, 5.41) is 13.2. The zero-order valence-corrected chi connectivity index (χ0v) is 27.6. The normalized spacial score (nSPS) is 37.1. The molecule has 0 unspecified atom stereocenters. The molecule has 1 aromatic rings. The van der Waals surface area contributed by atoms with Gasteiger partial charge >= 0.3 is 29.8 Å². The van der Waals surface area contributed by atoms with Crippen LogP contribution in [-0.2, 0) is 52.4 Å². The first-order valence-electron chi connectivity index (χ1n) is 15.3. The van der Waals surface area contributed by atoms with Gasteiger partial charge < -0.3 is 37.9 Å². The van der Waals surface area contributed by atoms with Gasteiger partial charge in [-0.05, 0) is 31.1 Å². The molecule has 14 heteroatoms. The Morgan fingerprint density at radius 2 is 1.55 bits per heavy atom. The number of Topliss-reactive ketones (excluding diaryl/α,β-unsaturated/α-hetero) is 1. The number of carbonyl (C=O) groups is 6. The SMILES string of the molecule is CC(=O)O[C@H]1C(=O)[C@]2(C)[C@@H](OC(C)=O)C[C@H]3OC[C@@]3(OC(C)=O)[C@H]2[C@H](OC(=O)c2ccoc2)[C@]2(O)C[C@H](OC(C)=O)C(C)=C1C2(C)C. The quantitative estimate of drug-likeness (QED) is 0.266. The highest BCUT2D eigenvalue weighted by molar-refractivity contribution is 5.96. The average molecular weight is 661 g/mol. The fourth-order valence-corrected chi connectivity index (χ4v) is 8.37. The van der Waals surface area contributed by atoms with Gasteiger partial charge in [0.15, 0.2) is 17.5 Å². The average Bonchev–Trinajstić information content (AvgIpc) is 3.49. The lowest BCUT2D eigenvalue weighted by Gasteiger charge is -2.67. The molecule has 5 rings (SSSR count). The summed E-state index contributed by atoms with van der Waals surface area (Å²) in [5.41, 5.74) is -6.92. The van der Waals surface area contributed by atoms with Crippen LogP contribution in [0.3, 0.4) is 0 Å². The smallest absolute Gasteiger partial charge is 0.341 e. The summed E-state index contributed by atoms with van der Waals surface area (Å²) in [6.45, 7) is 10.6. The lowest BCUT2D eigenvalue weighted by Crippen LogP contribution is -2.82. The summed E-state index contributed by atoms with van der Waals surface area (Å²) in [5.74, 6) is -6.19. The fraction of sp³-hybridized carbons (Fsp3) is 0.636. The lowest BCUT2D eigenvalue weighted by molar-refractivity contribution is -0.346. The third-order valence-corrected chi connectivity index (χ3v) is 10.5. The van der Waals surface area contributed by atoms with E-state index < -0.39 is 94.1 Å². The minimum Gasteiger partial charge on any atom is -0.472 e. The molecule has 0 spiro atoms. The number of aliphatic hydroxyl groups is 1. The second-order valence-electron chi connectivity index (χ2n) is 13.6. The monoisotopic (exact) mass is 660 g/mol. The molecule has 1 saturated heterocycles. The second kappa shape index (κ2) is 11.6. The lowest BCUT2D eigenvalue weighted by atomic mass is 9.44. The van der Waals surface area contributed by atoms with Crippen LogP contribution < -0.4 is 0 Å². The molecule has 1 aromatic heterocycles. The van der Waals surface area contributed by atoms with E-state index in [9.17, 15) is 29.1 Å². The maximum Gasteiger partial charge on any atom is 0.341 e. The molecule has 3 aliphatic carbocycles. The Morgan fingerprint density at radius 1 is 0.915 bits per heavy atom. The Morgan fingerprint density at radius 3 is 2.06 bits per heavy atom. The number of fused-ring (bicyclic) bond motifs is 5. The summed E-state index contributed by atoms with van der Waals surface area (Å²) >= 11 is 0. The van der Waals surface area contributed by atoms with Gasteiger partial charge in [0.1, 0.15) is 36.3 Å². The van der Waals surface area contributed by atoms with Crippen LogP contribution in [0.4, 0.5) is 0 Å². The van der Waals surface area contributed by atoms with Crippen LogP contribution in [0, 0.1) is 16.7 Å². The number of ether oxygens (including phenoxy) is 6. The van der Waals surface area contributed by atoms with Crippen molar-refractivity contribution in [3.63, 3.8) is 0 Å². The van der Waals surface area contributed by atoms with E-state index in [1.54, 1.807) is 20.8 Å². The number of carbonyl (C=O) groups excluding carboxylic acids is 6. The van der Waals surface area contributed by atoms with Gasteiger partial charge in [-0.1, -0.05) is 13.8 Å². The van der Waals surface area contributed by atoms with Crippen LogP contribution in [0.15, 0.2) is 34.2 Å².